The second-order valence-electron chi connectivity index (χ2n) is 2.39. The summed E-state index contributed by atoms with van der Waals surface area (Å²) in [5, 5.41) is 8.94. The first kappa shape index (κ1) is 10.2. The SMILES string of the molecule is CS[C@@H](O)OC(N)C(C)C. The highest BCUT2D eigenvalue weighted by Gasteiger charge is 2.11. The summed E-state index contributed by atoms with van der Waals surface area (Å²) in [5.74, 6) is 0.238. The van der Waals surface area contributed by atoms with Crippen molar-refractivity contribution in [2.24, 2.45) is 11.7 Å². The Labute approximate surface area is 65.9 Å². The first-order valence-corrected chi connectivity index (χ1v) is 4.48. The summed E-state index contributed by atoms with van der Waals surface area (Å²) >= 11 is 1.22. The van der Waals surface area contributed by atoms with Crippen molar-refractivity contribution >= 4 is 11.8 Å². The minimum Gasteiger partial charge on any atom is -0.360 e. The van der Waals surface area contributed by atoms with E-state index < -0.39 is 5.62 Å². The maximum Gasteiger partial charge on any atom is 0.205 e. The van der Waals surface area contributed by atoms with Gasteiger partial charge < -0.3 is 15.6 Å². The number of thioether (sulfide) groups is 1. The van der Waals surface area contributed by atoms with Gasteiger partial charge in [0.05, 0.1) is 0 Å². The zero-order valence-electron chi connectivity index (χ0n) is 6.57. The summed E-state index contributed by atoms with van der Waals surface area (Å²) in [6.45, 7) is 3.88. The number of aliphatic hydroxyl groups excluding tert-OH is 1. The molecule has 0 fully saturated rings. The van der Waals surface area contributed by atoms with Gasteiger partial charge in [0.25, 0.3) is 0 Å². The van der Waals surface area contributed by atoms with E-state index in [2.05, 4.69) is 0 Å². The van der Waals surface area contributed by atoms with Crippen LogP contribution in [0.4, 0.5) is 0 Å². The van der Waals surface area contributed by atoms with Gasteiger partial charge in [-0.15, -0.1) is 11.8 Å². The Bertz CT molecular complexity index is 89.8. The third-order valence-corrected chi connectivity index (χ3v) is 1.65. The molecular weight excluding hydrogens is 150 g/mol. The lowest BCUT2D eigenvalue weighted by atomic mass is 10.2. The van der Waals surface area contributed by atoms with Crippen molar-refractivity contribution in [1.82, 2.24) is 0 Å². The fraction of sp³-hybridized carbons (Fsp3) is 1.00. The van der Waals surface area contributed by atoms with Crippen LogP contribution >= 0.6 is 11.8 Å². The standard InChI is InChI=1S/C6H15NO2S/c1-4(2)5(7)9-6(8)10-3/h4-6,8H,7H2,1-3H3/t5?,6-/m0/s1. The van der Waals surface area contributed by atoms with Crippen LogP contribution in [0.2, 0.25) is 0 Å². The maximum absolute atomic E-state index is 8.94. The van der Waals surface area contributed by atoms with Crippen LogP contribution in [0.5, 0.6) is 0 Å². The van der Waals surface area contributed by atoms with Gasteiger partial charge in [-0.2, -0.15) is 0 Å². The van der Waals surface area contributed by atoms with Crippen LogP contribution in [-0.4, -0.2) is 23.2 Å². The second-order valence-corrected chi connectivity index (χ2v) is 3.26. The lowest BCUT2D eigenvalue weighted by molar-refractivity contribution is -0.0897. The van der Waals surface area contributed by atoms with Gasteiger partial charge in [0.1, 0.15) is 6.23 Å². The average molecular weight is 165 g/mol. The van der Waals surface area contributed by atoms with Gasteiger partial charge in [-0.25, -0.2) is 0 Å². The van der Waals surface area contributed by atoms with E-state index in [-0.39, 0.29) is 12.1 Å². The van der Waals surface area contributed by atoms with Crippen LogP contribution in [0.1, 0.15) is 13.8 Å². The molecule has 0 heterocycles. The van der Waals surface area contributed by atoms with Crippen molar-refractivity contribution in [3.05, 3.63) is 0 Å². The van der Waals surface area contributed by atoms with Gasteiger partial charge in [0.2, 0.25) is 5.62 Å². The monoisotopic (exact) mass is 165 g/mol. The van der Waals surface area contributed by atoms with Crippen LogP contribution in [-0.2, 0) is 4.74 Å². The molecule has 0 amide bonds. The fourth-order valence-electron chi connectivity index (χ4n) is 0.347. The van der Waals surface area contributed by atoms with Crippen LogP contribution in [0.25, 0.3) is 0 Å². The van der Waals surface area contributed by atoms with Crippen LogP contribution in [0, 0.1) is 5.92 Å². The molecule has 0 saturated heterocycles. The lowest BCUT2D eigenvalue weighted by Crippen LogP contribution is -2.32. The van der Waals surface area contributed by atoms with Crippen molar-refractivity contribution in [3.63, 3.8) is 0 Å². The van der Waals surface area contributed by atoms with Crippen molar-refractivity contribution in [2.75, 3.05) is 6.26 Å². The predicted octanol–water partition coefficient (Wildman–Crippen LogP) is 0.583. The minimum absolute atomic E-state index is 0.238. The van der Waals surface area contributed by atoms with Gasteiger partial charge in [0.15, 0.2) is 0 Å². The van der Waals surface area contributed by atoms with E-state index in [1.54, 1.807) is 6.26 Å². The minimum atomic E-state index is -0.794. The molecule has 4 heteroatoms. The number of hydrogen-bond acceptors (Lipinski definition) is 4. The number of nitrogens with two attached hydrogens (primary N) is 1. The molecule has 0 aromatic carbocycles. The molecule has 10 heavy (non-hydrogen) atoms. The molecule has 62 valence electrons. The molecule has 3 nitrogen and oxygen atoms in total. The number of hydrogen-bond donors (Lipinski definition) is 2. The number of ether oxygens (including phenoxy) is 1. The Balaban J connectivity index is 3.46. The van der Waals surface area contributed by atoms with Gasteiger partial charge in [-0.05, 0) is 12.2 Å². The van der Waals surface area contributed by atoms with Crippen molar-refractivity contribution in [2.45, 2.75) is 25.7 Å². The number of aliphatic hydroxyl groups is 1. The molecule has 1 unspecified atom stereocenters. The highest BCUT2D eigenvalue weighted by Crippen LogP contribution is 2.09. The van der Waals surface area contributed by atoms with Gasteiger partial charge in [-0.1, -0.05) is 13.8 Å². The Hall–Kier alpha value is 0.230. The quantitative estimate of drug-likeness (QED) is 0.598. The summed E-state index contributed by atoms with van der Waals surface area (Å²) in [5.41, 5.74) is 4.70. The Morgan fingerprint density at radius 2 is 2.00 bits per heavy atom. The highest BCUT2D eigenvalue weighted by molar-refractivity contribution is 7.98. The summed E-state index contributed by atoms with van der Waals surface area (Å²) in [7, 11) is 0. The average Bonchev–Trinajstić information content (AvgIpc) is 1.87. The van der Waals surface area contributed by atoms with Crippen LogP contribution in [0.15, 0.2) is 0 Å². The third-order valence-electron chi connectivity index (χ3n) is 1.13. The fourth-order valence-corrected chi connectivity index (χ4v) is 0.587. The molecule has 0 aromatic heterocycles. The molecular formula is C6H15NO2S. The summed E-state index contributed by atoms with van der Waals surface area (Å²) in [6, 6.07) is 0. The molecule has 0 aliphatic rings. The van der Waals surface area contributed by atoms with Crippen molar-refractivity contribution < 1.29 is 9.84 Å². The third kappa shape index (κ3) is 4.11. The molecule has 0 spiro atoms. The highest BCUT2D eigenvalue weighted by atomic mass is 32.2. The summed E-state index contributed by atoms with van der Waals surface area (Å²) in [4.78, 5) is 0. The van der Waals surface area contributed by atoms with E-state index >= 15 is 0 Å². The Kier molecular flexibility index (Phi) is 5.07. The molecule has 0 saturated carbocycles. The van der Waals surface area contributed by atoms with Gasteiger partial charge in [0, 0.05) is 0 Å². The lowest BCUT2D eigenvalue weighted by Gasteiger charge is -2.18. The Morgan fingerprint density at radius 1 is 1.50 bits per heavy atom. The van der Waals surface area contributed by atoms with E-state index in [4.69, 9.17) is 15.6 Å². The van der Waals surface area contributed by atoms with Gasteiger partial charge in [-0.3, -0.25) is 0 Å². The second kappa shape index (κ2) is 4.96. The summed E-state index contributed by atoms with van der Waals surface area (Å²) in [6.07, 6.45) is 1.39. The van der Waals surface area contributed by atoms with E-state index in [1.807, 2.05) is 13.8 Å². The first-order valence-electron chi connectivity index (χ1n) is 3.19. The molecule has 3 N–H and O–H groups in total. The molecule has 0 bridgehead atoms. The van der Waals surface area contributed by atoms with Crippen molar-refractivity contribution in [1.29, 1.82) is 0 Å². The molecule has 0 aliphatic carbocycles. The van der Waals surface area contributed by atoms with E-state index in [1.165, 1.54) is 11.8 Å². The maximum atomic E-state index is 8.94. The molecule has 0 radical (unpaired) electrons. The van der Waals surface area contributed by atoms with Crippen LogP contribution in [0.3, 0.4) is 0 Å². The largest absolute Gasteiger partial charge is 0.360 e. The smallest absolute Gasteiger partial charge is 0.205 e. The van der Waals surface area contributed by atoms with Crippen molar-refractivity contribution in [3.8, 4) is 0 Å². The molecule has 0 rings (SSSR count). The molecule has 2 atom stereocenters. The normalized spacial score (nSPS) is 17.4. The molecule has 0 aliphatic heterocycles. The zero-order valence-corrected chi connectivity index (χ0v) is 7.39. The first-order chi connectivity index (χ1) is 4.57. The van der Waals surface area contributed by atoms with Crippen LogP contribution < -0.4 is 5.73 Å². The van der Waals surface area contributed by atoms with Gasteiger partial charge >= 0.3 is 0 Å². The van der Waals surface area contributed by atoms with E-state index in [0.717, 1.165) is 0 Å². The predicted molar refractivity (Wildman–Crippen MR) is 43.4 cm³/mol. The van der Waals surface area contributed by atoms with E-state index in [0.29, 0.717) is 0 Å². The zero-order chi connectivity index (χ0) is 8.15. The number of rotatable bonds is 4. The molecule has 0 aromatic rings. The van der Waals surface area contributed by atoms with E-state index in [9.17, 15) is 0 Å². The topological polar surface area (TPSA) is 55.5 Å². The Morgan fingerprint density at radius 3 is 2.30 bits per heavy atom. The summed E-state index contributed by atoms with van der Waals surface area (Å²) < 4.78 is 4.96.